The number of hydrogen-bond donors (Lipinski definition) is 1. The molecule has 1 fully saturated rings. The van der Waals surface area contributed by atoms with E-state index in [-0.39, 0.29) is 23.6 Å². The molecule has 1 atom stereocenters. The number of amides is 1. The quantitative estimate of drug-likeness (QED) is 0.400. The van der Waals surface area contributed by atoms with Crippen LogP contribution >= 0.6 is 23.4 Å². The normalized spacial score (nSPS) is 16.1. The van der Waals surface area contributed by atoms with Crippen LogP contribution in [0.25, 0.3) is 10.9 Å². The van der Waals surface area contributed by atoms with Gasteiger partial charge in [0.2, 0.25) is 0 Å². The van der Waals surface area contributed by atoms with Gasteiger partial charge in [-0.15, -0.1) is 0 Å². The lowest BCUT2D eigenvalue weighted by atomic mass is 10.1. The number of rotatable bonds is 7. The molecule has 8 heteroatoms. The minimum atomic E-state index is -0.178. The number of fused-ring (bicyclic) bond motifs is 1. The molecular weight excluding hydrogens is 446 g/mol. The van der Waals surface area contributed by atoms with Crippen LogP contribution in [0.3, 0.4) is 0 Å². The number of nitrogens with one attached hydrogen (secondary N) is 1. The van der Waals surface area contributed by atoms with Gasteiger partial charge in [0.1, 0.15) is 0 Å². The Balaban J connectivity index is 1.71. The predicted octanol–water partition coefficient (Wildman–Crippen LogP) is 4.66. The molecule has 1 amide bonds. The van der Waals surface area contributed by atoms with Crippen LogP contribution in [0.2, 0.25) is 5.02 Å². The molecule has 1 aliphatic rings. The van der Waals surface area contributed by atoms with E-state index in [0.29, 0.717) is 38.9 Å². The van der Waals surface area contributed by atoms with Gasteiger partial charge in [-0.3, -0.25) is 14.2 Å². The van der Waals surface area contributed by atoms with Crippen molar-refractivity contribution in [3.63, 3.8) is 0 Å². The van der Waals surface area contributed by atoms with Gasteiger partial charge in [-0.2, -0.15) is 0 Å². The van der Waals surface area contributed by atoms with Gasteiger partial charge in [0.25, 0.3) is 11.5 Å². The van der Waals surface area contributed by atoms with Crippen LogP contribution in [0.15, 0.2) is 52.4 Å². The maximum Gasteiger partial charge on any atom is 0.262 e. The Bertz CT molecular complexity index is 1170. The summed E-state index contributed by atoms with van der Waals surface area (Å²) in [4.78, 5) is 30.6. The number of hydrogen-bond acceptors (Lipinski definition) is 5. The van der Waals surface area contributed by atoms with Crippen molar-refractivity contribution < 1.29 is 9.53 Å². The number of benzene rings is 2. The van der Waals surface area contributed by atoms with Gasteiger partial charge in [-0.25, -0.2) is 4.98 Å². The monoisotopic (exact) mass is 471 g/mol. The lowest BCUT2D eigenvalue weighted by Gasteiger charge is -2.17. The second kappa shape index (κ2) is 10.1. The van der Waals surface area contributed by atoms with E-state index in [1.54, 1.807) is 22.8 Å². The Morgan fingerprint density at radius 2 is 2.06 bits per heavy atom. The molecule has 0 bridgehead atoms. The maximum absolute atomic E-state index is 13.4. The van der Waals surface area contributed by atoms with Gasteiger partial charge in [0, 0.05) is 29.0 Å². The van der Waals surface area contributed by atoms with Gasteiger partial charge in [-0.1, -0.05) is 35.5 Å². The molecule has 1 aliphatic heterocycles. The number of nitrogens with zero attached hydrogens (tertiary/aromatic N) is 2. The number of aromatic nitrogens is 2. The van der Waals surface area contributed by atoms with Crippen LogP contribution in [0, 0.1) is 0 Å². The van der Waals surface area contributed by atoms with E-state index in [0.717, 1.165) is 25.0 Å². The van der Waals surface area contributed by atoms with Crippen LogP contribution in [0.4, 0.5) is 0 Å². The molecule has 2 heterocycles. The summed E-state index contributed by atoms with van der Waals surface area (Å²) >= 11 is 7.49. The summed E-state index contributed by atoms with van der Waals surface area (Å²) in [5, 5.41) is 4.69. The van der Waals surface area contributed by atoms with Gasteiger partial charge in [-0.05, 0) is 62.6 Å². The Morgan fingerprint density at radius 1 is 1.28 bits per heavy atom. The summed E-state index contributed by atoms with van der Waals surface area (Å²) in [6.45, 7) is 5.02. The molecule has 4 rings (SSSR count). The number of ether oxygens (including phenoxy) is 1. The van der Waals surface area contributed by atoms with Crippen LogP contribution < -0.4 is 10.9 Å². The second-order valence-corrected chi connectivity index (χ2v) is 9.60. The van der Waals surface area contributed by atoms with E-state index >= 15 is 0 Å². The fraction of sp³-hybridized carbons (Fsp3) is 0.375. The van der Waals surface area contributed by atoms with E-state index in [1.165, 1.54) is 11.8 Å². The lowest BCUT2D eigenvalue weighted by molar-refractivity contribution is 0.0937. The van der Waals surface area contributed by atoms with Gasteiger partial charge >= 0.3 is 0 Å². The first-order valence-electron chi connectivity index (χ1n) is 10.7. The van der Waals surface area contributed by atoms with Crippen molar-refractivity contribution >= 4 is 40.2 Å². The van der Waals surface area contributed by atoms with Crippen molar-refractivity contribution in [2.24, 2.45) is 0 Å². The van der Waals surface area contributed by atoms with Crippen LogP contribution in [0.1, 0.15) is 42.6 Å². The van der Waals surface area contributed by atoms with E-state index in [9.17, 15) is 9.59 Å². The van der Waals surface area contributed by atoms with Crippen molar-refractivity contribution in [1.29, 1.82) is 0 Å². The number of halogens is 1. The first kappa shape index (κ1) is 22.8. The third-order valence-electron chi connectivity index (χ3n) is 5.29. The van der Waals surface area contributed by atoms with Crippen molar-refractivity contribution in [1.82, 2.24) is 14.9 Å². The largest absolute Gasteiger partial charge is 0.376 e. The topological polar surface area (TPSA) is 73.2 Å². The van der Waals surface area contributed by atoms with E-state index in [2.05, 4.69) is 5.32 Å². The van der Waals surface area contributed by atoms with Crippen molar-refractivity contribution in [2.45, 2.75) is 56.3 Å². The summed E-state index contributed by atoms with van der Waals surface area (Å²) < 4.78 is 7.49. The number of carbonyl (C=O) groups is 1. The molecule has 168 valence electrons. The number of carbonyl (C=O) groups excluding carboxylic acids is 1. The molecule has 1 N–H and O–H groups in total. The van der Waals surface area contributed by atoms with Gasteiger partial charge < -0.3 is 10.1 Å². The standard InChI is InChI=1S/C24H26ClN3O3S/c1-15(2)26-22(29)17-7-10-20-21(12-17)27-24(32-14-16-5-8-18(25)9-6-16)28(23(20)30)13-19-4-3-11-31-19/h5-10,12,15,19H,3-4,11,13-14H2,1-2H3,(H,26,29)/t19-/m0/s1. The molecule has 32 heavy (non-hydrogen) atoms. The fourth-order valence-electron chi connectivity index (χ4n) is 3.68. The second-order valence-electron chi connectivity index (χ2n) is 8.22. The van der Waals surface area contributed by atoms with Crippen molar-refractivity contribution in [3.05, 3.63) is 69.0 Å². The predicted molar refractivity (Wildman–Crippen MR) is 129 cm³/mol. The smallest absolute Gasteiger partial charge is 0.262 e. The molecule has 1 saturated heterocycles. The molecule has 0 radical (unpaired) electrons. The average molecular weight is 472 g/mol. The summed E-state index contributed by atoms with van der Waals surface area (Å²) in [5.41, 5.74) is 1.99. The SMILES string of the molecule is CC(C)NC(=O)c1ccc2c(=O)n(C[C@@H]3CCCO3)c(SCc3ccc(Cl)cc3)nc2c1. The Morgan fingerprint density at radius 3 is 2.75 bits per heavy atom. The zero-order chi connectivity index (χ0) is 22.7. The minimum absolute atomic E-state index is 0.0120. The Hall–Kier alpha value is -2.35. The fourth-order valence-corrected chi connectivity index (χ4v) is 4.77. The zero-order valence-corrected chi connectivity index (χ0v) is 19.7. The highest BCUT2D eigenvalue weighted by Gasteiger charge is 2.21. The first-order chi connectivity index (χ1) is 15.4. The third-order valence-corrected chi connectivity index (χ3v) is 6.59. The van der Waals surface area contributed by atoms with E-state index in [4.69, 9.17) is 21.3 Å². The molecule has 3 aromatic rings. The van der Waals surface area contributed by atoms with Crippen molar-refractivity contribution in [2.75, 3.05) is 6.61 Å². The molecular formula is C24H26ClN3O3S. The Labute approximate surface area is 196 Å². The van der Waals surface area contributed by atoms with Gasteiger partial charge in [0.15, 0.2) is 5.16 Å². The highest BCUT2D eigenvalue weighted by atomic mass is 35.5. The molecule has 1 aromatic heterocycles. The van der Waals surface area contributed by atoms with Crippen LogP contribution in [0.5, 0.6) is 0 Å². The van der Waals surface area contributed by atoms with Crippen LogP contribution in [-0.2, 0) is 17.0 Å². The number of thioether (sulfide) groups is 1. The molecule has 0 spiro atoms. The van der Waals surface area contributed by atoms with Crippen molar-refractivity contribution in [3.8, 4) is 0 Å². The summed E-state index contributed by atoms with van der Waals surface area (Å²) in [7, 11) is 0. The summed E-state index contributed by atoms with van der Waals surface area (Å²) in [6.07, 6.45) is 1.94. The average Bonchev–Trinajstić information content (AvgIpc) is 3.28. The third kappa shape index (κ3) is 5.34. The van der Waals surface area contributed by atoms with E-state index in [1.807, 2.05) is 38.1 Å². The Kier molecular flexibility index (Phi) is 7.18. The zero-order valence-electron chi connectivity index (χ0n) is 18.1. The molecule has 0 unspecified atom stereocenters. The molecule has 0 saturated carbocycles. The molecule has 2 aromatic carbocycles. The van der Waals surface area contributed by atoms with Crippen LogP contribution in [-0.4, -0.2) is 34.2 Å². The van der Waals surface area contributed by atoms with E-state index < -0.39 is 0 Å². The highest BCUT2D eigenvalue weighted by Crippen LogP contribution is 2.25. The minimum Gasteiger partial charge on any atom is -0.376 e. The summed E-state index contributed by atoms with van der Waals surface area (Å²) in [5.74, 6) is 0.469. The lowest BCUT2D eigenvalue weighted by Crippen LogP contribution is -2.31. The maximum atomic E-state index is 13.4. The summed E-state index contributed by atoms with van der Waals surface area (Å²) in [6, 6.07) is 12.7. The van der Waals surface area contributed by atoms with Gasteiger partial charge in [0.05, 0.1) is 23.6 Å². The first-order valence-corrected chi connectivity index (χ1v) is 12.1. The molecule has 6 nitrogen and oxygen atoms in total. The molecule has 0 aliphatic carbocycles. The highest BCUT2D eigenvalue weighted by molar-refractivity contribution is 7.98.